The molecule has 0 spiro atoms. The number of unbranched alkanes of at least 4 members (excludes halogenated alkanes) is 1. The first-order valence-electron chi connectivity index (χ1n) is 7.12. The Hall–Kier alpha value is -1.01. The van der Waals surface area contributed by atoms with Crippen LogP contribution in [0.4, 0.5) is 5.69 Å². The van der Waals surface area contributed by atoms with Gasteiger partial charge in [0.05, 0.1) is 22.3 Å². The molecule has 0 aromatic heterocycles. The summed E-state index contributed by atoms with van der Waals surface area (Å²) in [7, 11) is 0. The fourth-order valence-corrected chi connectivity index (χ4v) is 2.45. The summed E-state index contributed by atoms with van der Waals surface area (Å²) in [5.41, 5.74) is 0.415. The van der Waals surface area contributed by atoms with E-state index in [4.69, 9.17) is 28.3 Å². The van der Waals surface area contributed by atoms with Crippen LogP contribution in [0.25, 0.3) is 0 Å². The van der Waals surface area contributed by atoms with E-state index in [0.717, 1.165) is 6.42 Å². The Labute approximate surface area is 152 Å². The van der Waals surface area contributed by atoms with Crippen molar-refractivity contribution in [2.24, 2.45) is 0 Å². The quantitative estimate of drug-likeness (QED) is 0.634. The summed E-state index contributed by atoms with van der Waals surface area (Å²) in [6.07, 6.45) is 1.49. The Balaban J connectivity index is 0.00000484. The van der Waals surface area contributed by atoms with Gasteiger partial charge in [0.1, 0.15) is 0 Å². The highest BCUT2D eigenvalue weighted by atomic mass is 35.5. The Kier molecular flexibility index (Phi) is 11.0. The zero-order chi connectivity index (χ0) is 16.5. The number of benzene rings is 1. The number of rotatable bonds is 9. The van der Waals surface area contributed by atoms with Crippen LogP contribution in [0.3, 0.4) is 0 Å². The SMILES string of the molecule is CCN(CCCCC(=O)O)CC(=O)Nc1c(Cl)cccc1Cl.Cl. The summed E-state index contributed by atoms with van der Waals surface area (Å²) >= 11 is 12.0. The predicted octanol–water partition coefficient (Wildman–Crippen LogP) is 3.93. The van der Waals surface area contributed by atoms with Crippen LogP contribution in [-0.2, 0) is 9.59 Å². The van der Waals surface area contributed by atoms with E-state index in [0.29, 0.717) is 35.2 Å². The zero-order valence-electron chi connectivity index (χ0n) is 12.8. The third kappa shape index (κ3) is 8.42. The van der Waals surface area contributed by atoms with Crippen LogP contribution in [0.5, 0.6) is 0 Å². The molecular weight excluding hydrogens is 363 g/mol. The number of amides is 1. The van der Waals surface area contributed by atoms with Crippen LogP contribution in [-0.4, -0.2) is 41.5 Å². The van der Waals surface area contributed by atoms with E-state index in [1.54, 1.807) is 18.2 Å². The Bertz CT molecular complexity index is 506. The molecule has 0 bridgehead atoms. The molecule has 130 valence electrons. The minimum absolute atomic E-state index is 0. The van der Waals surface area contributed by atoms with E-state index in [9.17, 15) is 9.59 Å². The number of nitrogens with zero attached hydrogens (tertiary/aromatic N) is 1. The number of likely N-dealkylation sites (N-methyl/N-ethyl adjacent to an activating group) is 1. The van der Waals surface area contributed by atoms with Crippen molar-refractivity contribution < 1.29 is 14.7 Å². The molecule has 23 heavy (non-hydrogen) atoms. The maximum absolute atomic E-state index is 12.1. The average Bonchev–Trinajstić information content (AvgIpc) is 2.46. The maximum Gasteiger partial charge on any atom is 0.303 e. The highest BCUT2D eigenvalue weighted by Crippen LogP contribution is 2.29. The number of carboxylic acid groups (broad SMARTS) is 1. The maximum atomic E-state index is 12.1. The number of hydrogen-bond acceptors (Lipinski definition) is 3. The van der Waals surface area contributed by atoms with E-state index in [-0.39, 0.29) is 31.3 Å². The van der Waals surface area contributed by atoms with E-state index in [1.807, 2.05) is 11.8 Å². The van der Waals surface area contributed by atoms with Crippen molar-refractivity contribution in [3.8, 4) is 0 Å². The molecule has 1 aromatic carbocycles. The summed E-state index contributed by atoms with van der Waals surface area (Å²) in [5.74, 6) is -0.996. The minimum Gasteiger partial charge on any atom is -0.481 e. The van der Waals surface area contributed by atoms with Gasteiger partial charge in [-0.05, 0) is 38.1 Å². The number of nitrogens with one attached hydrogen (secondary N) is 1. The second-order valence-electron chi connectivity index (χ2n) is 4.86. The molecule has 0 atom stereocenters. The van der Waals surface area contributed by atoms with E-state index in [2.05, 4.69) is 5.32 Å². The van der Waals surface area contributed by atoms with Crippen LogP contribution < -0.4 is 5.32 Å². The summed E-state index contributed by atoms with van der Waals surface area (Å²) in [6, 6.07) is 5.03. The van der Waals surface area contributed by atoms with Crippen molar-refractivity contribution in [2.45, 2.75) is 26.2 Å². The van der Waals surface area contributed by atoms with Gasteiger partial charge in [-0.1, -0.05) is 36.2 Å². The number of carboxylic acids is 1. The number of anilines is 1. The lowest BCUT2D eigenvalue weighted by Gasteiger charge is -2.20. The highest BCUT2D eigenvalue weighted by Gasteiger charge is 2.13. The summed E-state index contributed by atoms with van der Waals surface area (Å²) in [4.78, 5) is 24.5. The molecular formula is C15H21Cl3N2O3. The molecule has 0 unspecified atom stereocenters. The summed E-state index contributed by atoms with van der Waals surface area (Å²) in [6.45, 7) is 3.54. The van der Waals surface area contributed by atoms with Gasteiger partial charge in [0.25, 0.3) is 0 Å². The van der Waals surface area contributed by atoms with Crippen LogP contribution in [0.2, 0.25) is 10.0 Å². The largest absolute Gasteiger partial charge is 0.481 e. The number of carbonyl (C=O) groups excluding carboxylic acids is 1. The van der Waals surface area contributed by atoms with E-state index >= 15 is 0 Å². The molecule has 0 fully saturated rings. The fourth-order valence-electron chi connectivity index (χ4n) is 1.96. The fraction of sp³-hybridized carbons (Fsp3) is 0.467. The second-order valence-corrected chi connectivity index (χ2v) is 5.68. The topological polar surface area (TPSA) is 69.6 Å². The van der Waals surface area contributed by atoms with Crippen molar-refractivity contribution in [3.05, 3.63) is 28.2 Å². The van der Waals surface area contributed by atoms with Crippen LogP contribution >= 0.6 is 35.6 Å². The average molecular weight is 384 g/mol. The third-order valence-electron chi connectivity index (χ3n) is 3.16. The van der Waals surface area contributed by atoms with Gasteiger partial charge < -0.3 is 10.4 Å². The van der Waals surface area contributed by atoms with Crippen molar-refractivity contribution in [1.29, 1.82) is 0 Å². The molecule has 1 amide bonds. The molecule has 0 saturated carbocycles. The molecule has 2 N–H and O–H groups in total. The van der Waals surface area contributed by atoms with Gasteiger partial charge >= 0.3 is 5.97 Å². The van der Waals surface area contributed by atoms with Crippen LogP contribution in [0, 0.1) is 0 Å². The Morgan fingerprint density at radius 1 is 1.22 bits per heavy atom. The van der Waals surface area contributed by atoms with Crippen molar-refractivity contribution in [3.63, 3.8) is 0 Å². The monoisotopic (exact) mass is 382 g/mol. The summed E-state index contributed by atoms with van der Waals surface area (Å²) < 4.78 is 0. The van der Waals surface area contributed by atoms with Gasteiger partial charge in [-0.3, -0.25) is 14.5 Å². The minimum atomic E-state index is -0.797. The molecule has 0 aliphatic rings. The van der Waals surface area contributed by atoms with Crippen LogP contribution in [0.1, 0.15) is 26.2 Å². The number of carbonyl (C=O) groups is 2. The smallest absolute Gasteiger partial charge is 0.303 e. The lowest BCUT2D eigenvalue weighted by molar-refractivity contribution is -0.137. The molecule has 0 saturated heterocycles. The van der Waals surface area contributed by atoms with Crippen molar-refractivity contribution >= 4 is 53.2 Å². The highest BCUT2D eigenvalue weighted by molar-refractivity contribution is 6.39. The molecule has 5 nitrogen and oxygen atoms in total. The lowest BCUT2D eigenvalue weighted by Crippen LogP contribution is -2.34. The summed E-state index contributed by atoms with van der Waals surface area (Å²) in [5, 5.41) is 12.1. The molecule has 0 heterocycles. The Morgan fingerprint density at radius 2 is 1.83 bits per heavy atom. The number of hydrogen-bond donors (Lipinski definition) is 2. The van der Waals surface area contributed by atoms with Gasteiger partial charge in [-0.25, -0.2) is 0 Å². The number of para-hydroxylation sites is 1. The second kappa shape index (κ2) is 11.5. The molecule has 8 heteroatoms. The molecule has 0 aliphatic carbocycles. The Morgan fingerprint density at radius 3 is 2.35 bits per heavy atom. The third-order valence-corrected chi connectivity index (χ3v) is 3.79. The van der Waals surface area contributed by atoms with Crippen LogP contribution in [0.15, 0.2) is 18.2 Å². The first-order valence-corrected chi connectivity index (χ1v) is 7.87. The zero-order valence-corrected chi connectivity index (χ0v) is 15.2. The standard InChI is InChI=1S/C15H20Cl2N2O3.ClH/c1-2-19(9-4-3-8-14(21)22)10-13(20)18-15-11(16)6-5-7-12(15)17;/h5-7H,2-4,8-10H2,1H3,(H,18,20)(H,21,22);1H. The van der Waals surface area contributed by atoms with Crippen molar-refractivity contribution in [2.75, 3.05) is 25.0 Å². The van der Waals surface area contributed by atoms with E-state index in [1.165, 1.54) is 0 Å². The van der Waals surface area contributed by atoms with Gasteiger partial charge in [-0.15, -0.1) is 12.4 Å². The molecule has 1 aromatic rings. The number of halogens is 3. The van der Waals surface area contributed by atoms with Crippen molar-refractivity contribution in [1.82, 2.24) is 4.90 Å². The predicted molar refractivity (Wildman–Crippen MR) is 95.9 cm³/mol. The van der Waals surface area contributed by atoms with Gasteiger partial charge in [0, 0.05) is 6.42 Å². The number of aliphatic carboxylic acids is 1. The molecule has 0 radical (unpaired) electrons. The first kappa shape index (κ1) is 22.0. The lowest BCUT2D eigenvalue weighted by atomic mass is 10.2. The van der Waals surface area contributed by atoms with Gasteiger partial charge in [0.2, 0.25) is 5.91 Å². The van der Waals surface area contributed by atoms with Gasteiger partial charge in [-0.2, -0.15) is 0 Å². The first-order chi connectivity index (χ1) is 10.4. The molecule has 0 aliphatic heterocycles. The van der Waals surface area contributed by atoms with Gasteiger partial charge in [0.15, 0.2) is 0 Å². The van der Waals surface area contributed by atoms with E-state index < -0.39 is 5.97 Å². The normalized spacial score (nSPS) is 10.3. The molecule has 1 rings (SSSR count).